The first-order valence-electron chi connectivity index (χ1n) is 12.8. The average molecular weight is 502 g/mol. The highest BCUT2D eigenvalue weighted by molar-refractivity contribution is 7.89. The fraction of sp³-hybridized carbons (Fsp3) is 0.600. The molecule has 0 unspecified atom stereocenters. The van der Waals surface area contributed by atoms with E-state index in [0.29, 0.717) is 44.5 Å². The molecule has 0 spiro atoms. The minimum atomic E-state index is -3.82. The zero-order valence-electron chi connectivity index (χ0n) is 19.9. The smallest absolute Gasteiger partial charge is 0.245 e. The van der Waals surface area contributed by atoms with Crippen molar-refractivity contribution in [3.05, 3.63) is 42.1 Å². The number of hydrogen-bond donors (Lipinski definition) is 0. The molecular weight excluding hydrogens is 469 g/mol. The van der Waals surface area contributed by atoms with Gasteiger partial charge in [-0.1, -0.05) is 6.07 Å². The molecule has 1 aromatic carbocycles. The summed E-state index contributed by atoms with van der Waals surface area (Å²) in [5.74, 6) is 0.614. The Balaban J connectivity index is 1.15. The van der Waals surface area contributed by atoms with Crippen LogP contribution in [0, 0.1) is 5.82 Å². The molecule has 4 aliphatic rings. The zero-order valence-corrected chi connectivity index (χ0v) is 20.7. The number of aromatic nitrogens is 2. The molecule has 4 heterocycles. The Labute approximate surface area is 206 Å². The van der Waals surface area contributed by atoms with Gasteiger partial charge >= 0.3 is 0 Å². The fourth-order valence-corrected chi connectivity index (χ4v) is 7.38. The van der Waals surface area contributed by atoms with Crippen molar-refractivity contribution in [2.75, 3.05) is 44.2 Å². The number of anilines is 1. The van der Waals surface area contributed by atoms with E-state index in [9.17, 15) is 12.8 Å². The molecule has 1 aliphatic carbocycles. The first-order valence-corrected chi connectivity index (χ1v) is 14.2. The summed E-state index contributed by atoms with van der Waals surface area (Å²) in [6, 6.07) is 4.48. The molecule has 8 nitrogen and oxygen atoms in total. The molecular formula is C25H32FN5O3S. The second kappa shape index (κ2) is 9.29. The van der Waals surface area contributed by atoms with Crippen molar-refractivity contribution < 1.29 is 17.5 Å². The molecule has 1 saturated carbocycles. The summed E-state index contributed by atoms with van der Waals surface area (Å²) in [5.41, 5.74) is 1.26. The number of para-hydroxylation sites is 1. The lowest BCUT2D eigenvalue weighted by molar-refractivity contribution is 0.151. The van der Waals surface area contributed by atoms with Gasteiger partial charge in [-0.15, -0.1) is 0 Å². The molecule has 2 atom stereocenters. The highest BCUT2D eigenvalue weighted by atomic mass is 32.2. The third kappa shape index (κ3) is 4.63. The van der Waals surface area contributed by atoms with Crippen LogP contribution < -0.4 is 9.64 Å². The molecule has 0 N–H and O–H groups in total. The molecule has 10 heteroatoms. The predicted molar refractivity (Wildman–Crippen MR) is 130 cm³/mol. The van der Waals surface area contributed by atoms with Crippen molar-refractivity contribution in [2.24, 2.45) is 0 Å². The summed E-state index contributed by atoms with van der Waals surface area (Å²) in [5, 5.41) is 0. The fourth-order valence-electron chi connectivity index (χ4n) is 5.69. The summed E-state index contributed by atoms with van der Waals surface area (Å²) >= 11 is 0. The van der Waals surface area contributed by atoms with Crippen molar-refractivity contribution in [1.82, 2.24) is 19.2 Å². The molecule has 0 radical (unpaired) electrons. The number of nitrogens with zero attached hydrogens (tertiary/aromatic N) is 5. The lowest BCUT2D eigenvalue weighted by Crippen LogP contribution is -2.52. The van der Waals surface area contributed by atoms with Crippen molar-refractivity contribution in [3.63, 3.8) is 0 Å². The number of hydrogen-bond acceptors (Lipinski definition) is 7. The second-order valence-corrected chi connectivity index (χ2v) is 12.1. The number of sulfonamides is 1. The highest BCUT2D eigenvalue weighted by Crippen LogP contribution is 2.39. The van der Waals surface area contributed by atoms with Crippen molar-refractivity contribution in [1.29, 1.82) is 0 Å². The Morgan fingerprint density at radius 3 is 2.54 bits per heavy atom. The van der Waals surface area contributed by atoms with Crippen LogP contribution in [0.2, 0.25) is 0 Å². The van der Waals surface area contributed by atoms with Crippen LogP contribution in [0.1, 0.15) is 50.1 Å². The number of piperazine rings is 1. The van der Waals surface area contributed by atoms with Gasteiger partial charge in [-0.05, 0) is 44.2 Å². The van der Waals surface area contributed by atoms with Gasteiger partial charge in [-0.3, -0.25) is 9.88 Å². The van der Waals surface area contributed by atoms with Crippen molar-refractivity contribution >= 4 is 15.7 Å². The first-order chi connectivity index (χ1) is 17.0. The maximum Gasteiger partial charge on any atom is 0.245 e. The normalized spacial score (nSPS) is 26.0. The zero-order chi connectivity index (χ0) is 24.0. The van der Waals surface area contributed by atoms with Crippen molar-refractivity contribution in [2.45, 2.75) is 61.5 Å². The quantitative estimate of drug-likeness (QED) is 0.602. The first kappa shape index (κ1) is 23.1. The minimum Gasteiger partial charge on any atom is -0.472 e. The number of benzene rings is 1. The molecule has 3 aliphatic heterocycles. The topological polar surface area (TPSA) is 78.9 Å². The summed E-state index contributed by atoms with van der Waals surface area (Å²) in [7, 11) is -3.82. The maximum absolute atomic E-state index is 14.9. The van der Waals surface area contributed by atoms with E-state index in [2.05, 4.69) is 14.9 Å². The minimum absolute atomic E-state index is 0.0539. The lowest BCUT2D eigenvalue weighted by Gasteiger charge is -2.37. The predicted octanol–water partition coefficient (Wildman–Crippen LogP) is 3.01. The van der Waals surface area contributed by atoms with Gasteiger partial charge in [-0.2, -0.15) is 4.31 Å². The number of fused-ring (bicyclic) bond motifs is 1. The molecule has 188 valence electrons. The van der Waals surface area contributed by atoms with Crippen LogP contribution in [0.15, 0.2) is 35.5 Å². The number of piperidine rings is 1. The summed E-state index contributed by atoms with van der Waals surface area (Å²) in [6.45, 7) is 3.50. The van der Waals surface area contributed by atoms with Gasteiger partial charge in [0.15, 0.2) is 0 Å². The van der Waals surface area contributed by atoms with Crippen LogP contribution in [0.5, 0.6) is 5.88 Å². The van der Waals surface area contributed by atoms with E-state index < -0.39 is 15.8 Å². The van der Waals surface area contributed by atoms with E-state index in [-0.39, 0.29) is 22.7 Å². The van der Waals surface area contributed by atoms with Gasteiger partial charge in [0.05, 0.1) is 23.8 Å². The largest absolute Gasteiger partial charge is 0.472 e. The van der Waals surface area contributed by atoms with Crippen LogP contribution in [0.3, 0.4) is 0 Å². The highest BCUT2D eigenvalue weighted by Gasteiger charge is 2.42. The molecule has 2 aromatic rings. The molecule has 6 rings (SSSR count). The van der Waals surface area contributed by atoms with Gasteiger partial charge < -0.3 is 9.64 Å². The van der Waals surface area contributed by atoms with Crippen LogP contribution in [-0.2, 0) is 10.0 Å². The SMILES string of the molecule is O=S(=O)(c1cccc(F)c1N1CCCCC1)N1CCN2C[C@H](Oc3cnc(C4CC4)cn3)C[C@H]2C1. The van der Waals surface area contributed by atoms with Gasteiger partial charge in [0.2, 0.25) is 15.9 Å². The molecule has 3 saturated heterocycles. The molecule has 0 amide bonds. The summed E-state index contributed by atoms with van der Waals surface area (Å²) in [4.78, 5) is 13.2. The monoisotopic (exact) mass is 501 g/mol. The van der Waals surface area contributed by atoms with E-state index in [4.69, 9.17) is 4.74 Å². The maximum atomic E-state index is 14.9. The standard InChI is InChI=1S/C25H32FN5O3S/c26-21-5-4-6-23(25(21)29-9-2-1-3-10-29)35(32,33)31-12-11-30-17-20(13-19(30)16-31)34-24-15-27-22(14-28-24)18-7-8-18/h4-6,14-15,18-20H,1-3,7-13,16-17H2/t19-,20+/m0/s1. The summed E-state index contributed by atoms with van der Waals surface area (Å²) in [6.07, 6.45) is 9.53. The Hall–Kier alpha value is -2.30. The third-order valence-corrected chi connectivity index (χ3v) is 9.61. The van der Waals surface area contributed by atoms with Crippen LogP contribution in [-0.4, -0.2) is 79.0 Å². The molecule has 0 bridgehead atoms. The van der Waals surface area contributed by atoms with E-state index in [0.717, 1.165) is 37.9 Å². The molecule has 35 heavy (non-hydrogen) atoms. The molecule has 4 fully saturated rings. The van der Waals surface area contributed by atoms with E-state index in [1.807, 2.05) is 11.1 Å². The number of halogens is 1. The average Bonchev–Trinajstić information content (AvgIpc) is 3.64. The number of rotatable bonds is 6. The Bertz CT molecular complexity index is 1170. The Morgan fingerprint density at radius 2 is 1.80 bits per heavy atom. The second-order valence-electron chi connectivity index (χ2n) is 10.2. The van der Waals surface area contributed by atoms with Gasteiger partial charge in [0.1, 0.15) is 16.8 Å². The molecule has 1 aromatic heterocycles. The van der Waals surface area contributed by atoms with Gasteiger partial charge in [0, 0.05) is 57.6 Å². The van der Waals surface area contributed by atoms with Gasteiger partial charge in [-0.25, -0.2) is 17.8 Å². The van der Waals surface area contributed by atoms with E-state index in [1.165, 1.54) is 29.3 Å². The van der Waals surface area contributed by atoms with Gasteiger partial charge in [0.25, 0.3) is 0 Å². The van der Waals surface area contributed by atoms with E-state index in [1.54, 1.807) is 12.3 Å². The summed E-state index contributed by atoms with van der Waals surface area (Å²) < 4.78 is 50.0. The van der Waals surface area contributed by atoms with E-state index >= 15 is 0 Å². The lowest BCUT2D eigenvalue weighted by atomic mass is 10.1. The Morgan fingerprint density at radius 1 is 0.971 bits per heavy atom. The third-order valence-electron chi connectivity index (χ3n) is 7.71. The Kier molecular flexibility index (Phi) is 6.14. The number of ether oxygens (including phenoxy) is 1. The van der Waals surface area contributed by atoms with Crippen LogP contribution in [0.4, 0.5) is 10.1 Å². The van der Waals surface area contributed by atoms with Crippen LogP contribution >= 0.6 is 0 Å². The van der Waals surface area contributed by atoms with Crippen LogP contribution in [0.25, 0.3) is 0 Å². The van der Waals surface area contributed by atoms with Crippen molar-refractivity contribution in [3.8, 4) is 5.88 Å².